The van der Waals surface area contributed by atoms with Crippen molar-refractivity contribution in [3.8, 4) is 0 Å². The van der Waals surface area contributed by atoms with Crippen molar-refractivity contribution < 1.29 is 13.2 Å². The summed E-state index contributed by atoms with van der Waals surface area (Å²) in [5.74, 6) is -0.118. The van der Waals surface area contributed by atoms with Gasteiger partial charge in [-0.1, -0.05) is 6.07 Å². The highest BCUT2D eigenvalue weighted by Crippen LogP contribution is 2.30. The van der Waals surface area contributed by atoms with Crippen LogP contribution in [0.2, 0.25) is 0 Å². The van der Waals surface area contributed by atoms with Crippen LogP contribution in [0.25, 0.3) is 0 Å². The van der Waals surface area contributed by atoms with Crippen molar-refractivity contribution in [2.75, 3.05) is 21.9 Å². The lowest BCUT2D eigenvalue weighted by Crippen LogP contribution is -2.36. The van der Waals surface area contributed by atoms with Crippen LogP contribution >= 0.6 is 0 Å². The lowest BCUT2D eigenvalue weighted by atomic mass is 10.0. The van der Waals surface area contributed by atoms with E-state index < -0.39 is 10.0 Å². The minimum Gasteiger partial charge on any atom is -0.322 e. The number of benzene rings is 2. The number of hydrogen-bond donors (Lipinski definition) is 1. The predicted octanol–water partition coefficient (Wildman–Crippen LogP) is 3.66. The fourth-order valence-electron chi connectivity index (χ4n) is 3.17. The van der Waals surface area contributed by atoms with Gasteiger partial charge in [-0.2, -0.15) is 0 Å². The molecule has 1 N–H and O–H groups in total. The topological polar surface area (TPSA) is 66.5 Å². The van der Waals surface area contributed by atoms with E-state index in [1.54, 1.807) is 19.1 Å². The van der Waals surface area contributed by atoms with E-state index in [0.717, 1.165) is 29.7 Å². The van der Waals surface area contributed by atoms with Crippen molar-refractivity contribution in [1.29, 1.82) is 0 Å². The molecule has 1 amide bonds. The molecule has 1 heterocycles. The Morgan fingerprint density at radius 3 is 2.58 bits per heavy atom. The maximum absolute atomic E-state index is 12.6. The molecule has 2 aromatic rings. The first-order chi connectivity index (χ1) is 12.3. The molecule has 0 aliphatic carbocycles. The van der Waals surface area contributed by atoms with Gasteiger partial charge in [-0.3, -0.25) is 9.10 Å². The van der Waals surface area contributed by atoms with Crippen molar-refractivity contribution in [3.05, 3.63) is 58.7 Å². The first-order valence-electron chi connectivity index (χ1n) is 8.84. The van der Waals surface area contributed by atoms with E-state index in [9.17, 15) is 13.2 Å². The Balaban J connectivity index is 1.86. The number of anilines is 2. The van der Waals surface area contributed by atoms with E-state index in [1.165, 1.54) is 9.87 Å². The smallest absolute Gasteiger partial charge is 0.255 e. The van der Waals surface area contributed by atoms with Gasteiger partial charge in [0, 0.05) is 17.8 Å². The van der Waals surface area contributed by atoms with Gasteiger partial charge in [-0.25, -0.2) is 8.42 Å². The molecule has 138 valence electrons. The molecular weight excluding hydrogens is 348 g/mol. The molecule has 0 bridgehead atoms. The van der Waals surface area contributed by atoms with E-state index >= 15 is 0 Å². The lowest BCUT2D eigenvalue weighted by Gasteiger charge is -2.30. The van der Waals surface area contributed by atoms with Crippen LogP contribution < -0.4 is 9.62 Å². The average Bonchev–Trinajstić information content (AvgIpc) is 2.63. The molecule has 1 aliphatic heterocycles. The lowest BCUT2D eigenvalue weighted by molar-refractivity contribution is 0.102. The quantitative estimate of drug-likeness (QED) is 0.891. The summed E-state index contributed by atoms with van der Waals surface area (Å²) in [7, 11) is -3.29. The summed E-state index contributed by atoms with van der Waals surface area (Å²) < 4.78 is 26.0. The highest BCUT2D eigenvalue weighted by atomic mass is 32.2. The molecule has 6 heteroatoms. The number of carbonyl (C=O) groups excluding carboxylic acids is 1. The third-order valence-corrected chi connectivity index (χ3v) is 6.66. The summed E-state index contributed by atoms with van der Waals surface area (Å²) in [5.41, 5.74) is 5.19. The van der Waals surface area contributed by atoms with Crippen molar-refractivity contribution >= 4 is 27.3 Å². The van der Waals surface area contributed by atoms with Crippen molar-refractivity contribution in [2.24, 2.45) is 0 Å². The number of rotatable bonds is 4. The van der Waals surface area contributed by atoms with Crippen LogP contribution in [0.5, 0.6) is 0 Å². The second kappa shape index (κ2) is 7.11. The fourth-order valence-corrected chi connectivity index (χ4v) is 4.37. The molecule has 1 aliphatic rings. The highest BCUT2D eigenvalue weighted by molar-refractivity contribution is 7.92. The van der Waals surface area contributed by atoms with Crippen LogP contribution in [-0.4, -0.2) is 26.6 Å². The van der Waals surface area contributed by atoms with E-state index in [-0.39, 0.29) is 11.7 Å². The molecule has 0 atom stereocenters. The van der Waals surface area contributed by atoms with Crippen LogP contribution in [0.3, 0.4) is 0 Å². The average molecular weight is 372 g/mol. The molecule has 0 fully saturated rings. The molecule has 0 unspecified atom stereocenters. The third kappa shape index (κ3) is 3.60. The first-order valence-corrected chi connectivity index (χ1v) is 10.4. The van der Waals surface area contributed by atoms with Gasteiger partial charge in [0.25, 0.3) is 5.91 Å². The van der Waals surface area contributed by atoms with Crippen molar-refractivity contribution in [1.82, 2.24) is 0 Å². The van der Waals surface area contributed by atoms with Gasteiger partial charge < -0.3 is 5.32 Å². The zero-order valence-electron chi connectivity index (χ0n) is 15.4. The number of aryl methyl sites for hydroxylation is 3. The molecule has 0 saturated heterocycles. The Morgan fingerprint density at radius 2 is 1.88 bits per heavy atom. The van der Waals surface area contributed by atoms with E-state index in [1.807, 2.05) is 38.1 Å². The number of nitrogens with zero attached hydrogens (tertiary/aromatic N) is 1. The van der Waals surface area contributed by atoms with Gasteiger partial charge in [-0.15, -0.1) is 0 Å². The second-order valence-electron chi connectivity index (χ2n) is 6.67. The Hall–Kier alpha value is -2.34. The van der Waals surface area contributed by atoms with Crippen molar-refractivity contribution in [3.63, 3.8) is 0 Å². The molecule has 0 aromatic heterocycles. The second-order valence-corrected chi connectivity index (χ2v) is 8.85. The normalized spacial score (nSPS) is 14.0. The summed E-state index contributed by atoms with van der Waals surface area (Å²) in [5, 5.41) is 2.91. The molecule has 3 rings (SSSR count). The van der Waals surface area contributed by atoms with Crippen LogP contribution in [0, 0.1) is 13.8 Å². The maximum atomic E-state index is 12.6. The molecule has 5 nitrogen and oxygen atoms in total. The molecule has 0 spiro atoms. The van der Waals surface area contributed by atoms with Gasteiger partial charge in [0.05, 0.1) is 11.4 Å². The largest absolute Gasteiger partial charge is 0.322 e. The Kier molecular flexibility index (Phi) is 5.05. The van der Waals surface area contributed by atoms with Crippen LogP contribution in [0.4, 0.5) is 11.4 Å². The Morgan fingerprint density at radius 1 is 1.12 bits per heavy atom. The van der Waals surface area contributed by atoms with Crippen LogP contribution in [0.1, 0.15) is 40.4 Å². The number of hydrogen-bond acceptors (Lipinski definition) is 3. The third-order valence-electron chi connectivity index (χ3n) is 4.88. The summed E-state index contributed by atoms with van der Waals surface area (Å²) in [6, 6.07) is 11.1. The summed E-state index contributed by atoms with van der Waals surface area (Å²) in [4.78, 5) is 12.6. The van der Waals surface area contributed by atoms with Gasteiger partial charge in [0.15, 0.2) is 0 Å². The van der Waals surface area contributed by atoms with E-state index in [2.05, 4.69) is 5.32 Å². The Bertz CT molecular complexity index is 952. The summed E-state index contributed by atoms with van der Waals surface area (Å²) in [6.07, 6.45) is 1.53. The van der Waals surface area contributed by atoms with Crippen LogP contribution in [0.15, 0.2) is 36.4 Å². The first kappa shape index (κ1) is 18.5. The number of fused-ring (bicyclic) bond motifs is 1. The van der Waals surface area contributed by atoms with E-state index in [4.69, 9.17) is 0 Å². The Labute approximate surface area is 155 Å². The monoisotopic (exact) mass is 372 g/mol. The number of amides is 1. The number of carbonyl (C=O) groups is 1. The van der Waals surface area contributed by atoms with E-state index in [0.29, 0.717) is 17.8 Å². The maximum Gasteiger partial charge on any atom is 0.255 e. The van der Waals surface area contributed by atoms with Gasteiger partial charge in [0.1, 0.15) is 0 Å². The molecule has 26 heavy (non-hydrogen) atoms. The summed E-state index contributed by atoms with van der Waals surface area (Å²) in [6.45, 7) is 6.18. The van der Waals surface area contributed by atoms with Gasteiger partial charge in [-0.05, 0) is 80.6 Å². The predicted molar refractivity (Wildman–Crippen MR) is 105 cm³/mol. The van der Waals surface area contributed by atoms with Crippen molar-refractivity contribution in [2.45, 2.75) is 33.6 Å². The van der Waals surface area contributed by atoms with Gasteiger partial charge in [0.2, 0.25) is 10.0 Å². The number of sulfonamides is 1. The summed E-state index contributed by atoms with van der Waals surface area (Å²) >= 11 is 0. The SMILES string of the molecule is CCS(=O)(=O)N1CCCc2cc(C(=O)Nc3ccc(C)c(C)c3)ccc21. The molecular formula is C20H24N2O3S. The minimum absolute atomic E-state index is 0.0709. The standard InChI is InChI=1S/C20H24N2O3S/c1-4-26(24,25)22-11-5-6-16-13-17(8-10-19(16)22)20(23)21-18-9-7-14(2)15(3)12-18/h7-10,12-13H,4-6,11H2,1-3H3,(H,21,23). The molecule has 0 radical (unpaired) electrons. The fraction of sp³-hybridized carbons (Fsp3) is 0.350. The highest BCUT2D eigenvalue weighted by Gasteiger charge is 2.26. The molecule has 0 saturated carbocycles. The van der Waals surface area contributed by atoms with Crippen LogP contribution in [-0.2, 0) is 16.4 Å². The zero-order valence-corrected chi connectivity index (χ0v) is 16.2. The molecule has 2 aromatic carbocycles. The van der Waals surface area contributed by atoms with Gasteiger partial charge >= 0.3 is 0 Å². The number of nitrogens with one attached hydrogen (secondary N) is 1. The zero-order chi connectivity index (χ0) is 18.9. The minimum atomic E-state index is -3.29.